The largest absolute Gasteiger partial charge is 0.326 e. The van der Waals surface area contributed by atoms with Crippen molar-refractivity contribution in [3.63, 3.8) is 0 Å². The fraction of sp³-hybridized carbons (Fsp3) is 0.353. The van der Waals surface area contributed by atoms with Crippen molar-refractivity contribution < 1.29 is 4.39 Å². The molecule has 2 N–H and O–H groups in total. The maximum atomic E-state index is 13.3. The molecular formula is C17H20FN3. The second kappa shape index (κ2) is 6.33. The SMILES string of the molecule is NCc1cc(F)ccc1CN1CCCC1c1ccncc1. The Hall–Kier alpha value is -1.78. The average Bonchev–Trinajstić information content (AvgIpc) is 2.98. The summed E-state index contributed by atoms with van der Waals surface area (Å²) in [5.74, 6) is -0.216. The highest BCUT2D eigenvalue weighted by Gasteiger charge is 2.26. The highest BCUT2D eigenvalue weighted by molar-refractivity contribution is 5.28. The molecule has 0 amide bonds. The summed E-state index contributed by atoms with van der Waals surface area (Å²) in [5, 5.41) is 0. The minimum atomic E-state index is -0.216. The Balaban J connectivity index is 1.81. The molecule has 0 saturated carbocycles. The van der Waals surface area contributed by atoms with Crippen LogP contribution in [0, 0.1) is 5.82 Å². The van der Waals surface area contributed by atoms with E-state index in [2.05, 4.69) is 22.0 Å². The van der Waals surface area contributed by atoms with Gasteiger partial charge in [-0.3, -0.25) is 9.88 Å². The van der Waals surface area contributed by atoms with Crippen molar-refractivity contribution in [3.8, 4) is 0 Å². The van der Waals surface area contributed by atoms with Gasteiger partial charge in [0.25, 0.3) is 0 Å². The molecule has 0 radical (unpaired) electrons. The number of nitrogens with two attached hydrogens (primary N) is 1. The first-order valence-electron chi connectivity index (χ1n) is 7.39. The van der Waals surface area contributed by atoms with E-state index in [-0.39, 0.29) is 5.82 Å². The van der Waals surface area contributed by atoms with Crippen LogP contribution in [0.3, 0.4) is 0 Å². The average molecular weight is 285 g/mol. The van der Waals surface area contributed by atoms with Gasteiger partial charge in [0.2, 0.25) is 0 Å². The van der Waals surface area contributed by atoms with Gasteiger partial charge in [-0.05, 0) is 60.3 Å². The molecule has 1 aliphatic heterocycles. The summed E-state index contributed by atoms with van der Waals surface area (Å²) in [6.45, 7) is 2.26. The van der Waals surface area contributed by atoms with Gasteiger partial charge in [0.15, 0.2) is 0 Å². The smallest absolute Gasteiger partial charge is 0.123 e. The summed E-state index contributed by atoms with van der Waals surface area (Å²) in [4.78, 5) is 6.53. The van der Waals surface area contributed by atoms with Gasteiger partial charge >= 0.3 is 0 Å². The fourth-order valence-corrected chi connectivity index (χ4v) is 3.14. The molecule has 3 rings (SSSR count). The van der Waals surface area contributed by atoms with E-state index in [9.17, 15) is 4.39 Å². The molecule has 1 saturated heterocycles. The van der Waals surface area contributed by atoms with Crippen LogP contribution in [0.25, 0.3) is 0 Å². The lowest BCUT2D eigenvalue weighted by Crippen LogP contribution is -2.23. The Morgan fingerprint density at radius 1 is 1.19 bits per heavy atom. The molecule has 2 heterocycles. The van der Waals surface area contributed by atoms with Crippen LogP contribution in [0.2, 0.25) is 0 Å². The van der Waals surface area contributed by atoms with Crippen molar-refractivity contribution >= 4 is 0 Å². The van der Waals surface area contributed by atoms with Crippen LogP contribution in [0.15, 0.2) is 42.7 Å². The third-order valence-electron chi connectivity index (χ3n) is 4.22. The summed E-state index contributed by atoms with van der Waals surface area (Å²) in [5.41, 5.74) is 9.07. The van der Waals surface area contributed by atoms with E-state index in [1.807, 2.05) is 18.5 Å². The van der Waals surface area contributed by atoms with Crippen molar-refractivity contribution in [3.05, 3.63) is 65.2 Å². The first-order chi connectivity index (χ1) is 10.3. The van der Waals surface area contributed by atoms with Crippen molar-refractivity contribution in [1.82, 2.24) is 9.88 Å². The highest BCUT2D eigenvalue weighted by atomic mass is 19.1. The molecule has 0 aliphatic carbocycles. The molecule has 0 bridgehead atoms. The number of rotatable bonds is 4. The summed E-state index contributed by atoms with van der Waals surface area (Å²) in [6, 6.07) is 9.51. The molecule has 1 fully saturated rings. The standard InChI is InChI=1S/C17H20FN3/c18-16-4-3-14(15(10-16)11-19)12-21-9-1-2-17(21)13-5-7-20-8-6-13/h3-8,10,17H,1-2,9,11-12,19H2. The lowest BCUT2D eigenvalue weighted by atomic mass is 10.0. The molecule has 1 aromatic heterocycles. The number of halogens is 1. The predicted octanol–water partition coefficient (Wildman–Crippen LogP) is 3.02. The van der Waals surface area contributed by atoms with Gasteiger partial charge in [-0.25, -0.2) is 4.39 Å². The maximum absolute atomic E-state index is 13.3. The molecule has 3 nitrogen and oxygen atoms in total. The number of aromatic nitrogens is 1. The van der Waals surface area contributed by atoms with E-state index >= 15 is 0 Å². The second-order valence-corrected chi connectivity index (χ2v) is 5.53. The molecule has 110 valence electrons. The lowest BCUT2D eigenvalue weighted by molar-refractivity contribution is 0.247. The number of pyridine rings is 1. The number of hydrogen-bond acceptors (Lipinski definition) is 3. The lowest BCUT2D eigenvalue weighted by Gasteiger charge is -2.25. The molecule has 4 heteroatoms. The van der Waals surface area contributed by atoms with E-state index in [1.54, 1.807) is 6.07 Å². The van der Waals surface area contributed by atoms with E-state index in [0.717, 1.165) is 30.6 Å². The second-order valence-electron chi connectivity index (χ2n) is 5.53. The molecule has 1 unspecified atom stereocenters. The third-order valence-corrected chi connectivity index (χ3v) is 4.22. The summed E-state index contributed by atoms with van der Waals surface area (Å²) < 4.78 is 13.3. The zero-order valence-electron chi connectivity index (χ0n) is 12.0. The number of nitrogens with zero attached hydrogens (tertiary/aromatic N) is 2. The van der Waals surface area contributed by atoms with Gasteiger partial charge < -0.3 is 5.73 Å². The zero-order chi connectivity index (χ0) is 14.7. The van der Waals surface area contributed by atoms with E-state index in [0.29, 0.717) is 12.6 Å². The molecule has 0 spiro atoms. The van der Waals surface area contributed by atoms with Gasteiger partial charge in [0.1, 0.15) is 5.82 Å². The summed E-state index contributed by atoms with van der Waals surface area (Å²) >= 11 is 0. The van der Waals surface area contributed by atoms with Gasteiger partial charge in [0, 0.05) is 31.5 Å². The first kappa shape index (κ1) is 14.2. The summed E-state index contributed by atoms with van der Waals surface area (Å²) in [7, 11) is 0. The number of likely N-dealkylation sites (tertiary alicyclic amines) is 1. The van der Waals surface area contributed by atoms with Gasteiger partial charge in [-0.1, -0.05) is 6.07 Å². The van der Waals surface area contributed by atoms with Crippen LogP contribution in [0.5, 0.6) is 0 Å². The number of hydrogen-bond donors (Lipinski definition) is 1. The quantitative estimate of drug-likeness (QED) is 0.939. The topological polar surface area (TPSA) is 42.1 Å². The Morgan fingerprint density at radius 3 is 2.76 bits per heavy atom. The molecule has 21 heavy (non-hydrogen) atoms. The Bertz CT molecular complexity index is 600. The Kier molecular flexibility index (Phi) is 4.27. The van der Waals surface area contributed by atoms with Crippen molar-refractivity contribution in [2.75, 3.05) is 6.54 Å². The van der Waals surface area contributed by atoms with Gasteiger partial charge in [0.05, 0.1) is 0 Å². The van der Waals surface area contributed by atoms with Crippen molar-refractivity contribution in [1.29, 1.82) is 0 Å². The Labute approximate surface area is 124 Å². The first-order valence-corrected chi connectivity index (χ1v) is 7.39. The molecule has 1 aliphatic rings. The van der Waals surface area contributed by atoms with E-state index in [4.69, 9.17) is 5.73 Å². The van der Waals surface area contributed by atoms with E-state index < -0.39 is 0 Å². The van der Waals surface area contributed by atoms with Gasteiger partial charge in [-0.15, -0.1) is 0 Å². The molecule has 1 atom stereocenters. The van der Waals surface area contributed by atoms with Crippen LogP contribution in [0.1, 0.15) is 35.6 Å². The molecular weight excluding hydrogens is 265 g/mol. The van der Waals surface area contributed by atoms with Crippen LogP contribution in [0.4, 0.5) is 4.39 Å². The minimum absolute atomic E-state index is 0.216. The molecule has 2 aromatic rings. The van der Waals surface area contributed by atoms with Crippen molar-refractivity contribution in [2.45, 2.75) is 32.0 Å². The zero-order valence-corrected chi connectivity index (χ0v) is 12.0. The van der Waals surface area contributed by atoms with Crippen LogP contribution in [-0.4, -0.2) is 16.4 Å². The third kappa shape index (κ3) is 3.12. The maximum Gasteiger partial charge on any atom is 0.123 e. The normalized spacial score (nSPS) is 19.0. The van der Waals surface area contributed by atoms with Crippen molar-refractivity contribution in [2.24, 2.45) is 5.73 Å². The van der Waals surface area contributed by atoms with Crippen LogP contribution in [-0.2, 0) is 13.1 Å². The Morgan fingerprint density at radius 2 is 2.00 bits per heavy atom. The van der Waals surface area contributed by atoms with E-state index in [1.165, 1.54) is 18.1 Å². The molecule has 1 aromatic carbocycles. The fourth-order valence-electron chi connectivity index (χ4n) is 3.14. The predicted molar refractivity (Wildman–Crippen MR) is 80.9 cm³/mol. The van der Waals surface area contributed by atoms with Crippen LogP contribution < -0.4 is 5.73 Å². The minimum Gasteiger partial charge on any atom is -0.326 e. The van der Waals surface area contributed by atoms with Gasteiger partial charge in [-0.2, -0.15) is 0 Å². The summed E-state index contributed by atoms with van der Waals surface area (Å²) in [6.07, 6.45) is 6.03. The highest BCUT2D eigenvalue weighted by Crippen LogP contribution is 2.33. The monoisotopic (exact) mass is 285 g/mol. The number of benzene rings is 1. The van der Waals surface area contributed by atoms with Crippen LogP contribution >= 0.6 is 0 Å².